The topological polar surface area (TPSA) is 77.9 Å². The maximum Gasteiger partial charge on any atom is 0.321 e. The number of hydrogen-bond acceptors (Lipinski definition) is 3. The van der Waals surface area contributed by atoms with Gasteiger partial charge >= 0.3 is 5.97 Å². The minimum atomic E-state index is -3.64. The van der Waals surface area contributed by atoms with Crippen LogP contribution in [0.2, 0.25) is 0 Å². The molecule has 13 heavy (non-hydrogen) atoms. The van der Waals surface area contributed by atoms with E-state index in [9.17, 15) is 13.2 Å². The Bertz CT molecular complexity index is 285. The fourth-order valence-electron chi connectivity index (χ4n) is 0.613. The normalized spacial score (nSPS) is 14.9. The molecule has 0 aliphatic carbocycles. The Labute approximate surface area is 77.9 Å². The predicted molar refractivity (Wildman–Crippen MR) is 47.5 cm³/mol. The van der Waals surface area contributed by atoms with Crippen LogP contribution in [0.25, 0.3) is 0 Å². The van der Waals surface area contributed by atoms with Crippen LogP contribution >= 0.6 is 0 Å². The molecule has 0 spiro atoms. The average molecular weight is 210 g/mol. The van der Waals surface area contributed by atoms with Gasteiger partial charge in [0.2, 0.25) is 0 Å². The highest BCUT2D eigenvalue weighted by atomic mass is 32.2. The van der Waals surface area contributed by atoms with Gasteiger partial charge in [-0.15, -0.1) is 0 Å². The van der Waals surface area contributed by atoms with Crippen LogP contribution in [0.15, 0.2) is 0 Å². The first-order valence-corrected chi connectivity index (χ1v) is 4.99. The van der Waals surface area contributed by atoms with Crippen molar-refractivity contribution < 1.29 is 18.3 Å². The van der Waals surface area contributed by atoms with Gasteiger partial charge in [-0.05, 0) is 6.92 Å². The molecule has 1 N–H and O–H groups in total. The van der Waals surface area contributed by atoms with E-state index in [1.54, 1.807) is 0 Å². The highest BCUT2D eigenvalue weighted by Gasteiger charge is 2.29. The smallest absolute Gasteiger partial charge is 0.321 e. The van der Waals surface area contributed by atoms with E-state index in [0.717, 1.165) is 8.61 Å². The largest absolute Gasteiger partial charge is 0.480 e. The second-order valence-corrected chi connectivity index (χ2v) is 5.02. The van der Waals surface area contributed by atoms with Crippen molar-refractivity contribution in [2.75, 3.05) is 21.1 Å². The van der Waals surface area contributed by atoms with E-state index >= 15 is 0 Å². The Balaban J connectivity index is 4.80. The van der Waals surface area contributed by atoms with Crippen molar-refractivity contribution >= 4 is 16.2 Å². The number of rotatable bonds is 4. The lowest BCUT2D eigenvalue weighted by Gasteiger charge is -2.24. The number of hydrogen-bond donors (Lipinski definition) is 1. The number of aliphatic carboxylic acids is 1. The molecule has 1 atom stereocenters. The fourth-order valence-corrected chi connectivity index (χ4v) is 1.62. The van der Waals surface area contributed by atoms with Crippen LogP contribution in [0.3, 0.4) is 0 Å². The van der Waals surface area contributed by atoms with Crippen LogP contribution in [-0.4, -0.2) is 55.3 Å². The molecule has 0 radical (unpaired) electrons. The Morgan fingerprint density at radius 3 is 1.92 bits per heavy atom. The van der Waals surface area contributed by atoms with Crippen molar-refractivity contribution in [3.05, 3.63) is 0 Å². The maximum atomic E-state index is 11.4. The average Bonchev–Trinajstić information content (AvgIpc) is 2.01. The zero-order valence-electron chi connectivity index (χ0n) is 8.05. The summed E-state index contributed by atoms with van der Waals surface area (Å²) >= 11 is 0. The summed E-state index contributed by atoms with van der Waals surface area (Å²) in [6.45, 7) is 1.31. The zero-order chi connectivity index (χ0) is 10.8. The molecule has 7 heteroatoms. The zero-order valence-corrected chi connectivity index (χ0v) is 8.87. The van der Waals surface area contributed by atoms with Crippen LogP contribution in [0.1, 0.15) is 6.92 Å². The molecule has 0 saturated heterocycles. The number of nitrogens with zero attached hydrogens (tertiary/aromatic N) is 2. The van der Waals surface area contributed by atoms with E-state index < -0.39 is 22.2 Å². The fraction of sp³-hybridized carbons (Fsp3) is 0.833. The molecule has 0 rings (SSSR count). The molecule has 6 nitrogen and oxygen atoms in total. The first kappa shape index (κ1) is 12.3. The molecular formula is C6H14N2O4S. The molecule has 0 bridgehead atoms. The summed E-state index contributed by atoms with van der Waals surface area (Å²) in [5.74, 6) is -1.17. The van der Waals surface area contributed by atoms with Gasteiger partial charge in [-0.1, -0.05) is 0 Å². The van der Waals surface area contributed by atoms with Crippen LogP contribution in [-0.2, 0) is 15.0 Å². The van der Waals surface area contributed by atoms with Gasteiger partial charge in [0.15, 0.2) is 0 Å². The minimum Gasteiger partial charge on any atom is -0.480 e. The molecule has 0 heterocycles. The molecular weight excluding hydrogens is 196 g/mol. The Kier molecular flexibility index (Phi) is 3.83. The molecule has 0 fully saturated rings. The van der Waals surface area contributed by atoms with Crippen molar-refractivity contribution in [3.63, 3.8) is 0 Å². The van der Waals surface area contributed by atoms with Gasteiger partial charge in [0.1, 0.15) is 6.04 Å². The summed E-state index contributed by atoms with van der Waals surface area (Å²) in [5.41, 5.74) is 0. The summed E-state index contributed by atoms with van der Waals surface area (Å²) in [5, 5.41) is 8.57. The third kappa shape index (κ3) is 2.64. The van der Waals surface area contributed by atoms with Crippen molar-refractivity contribution in [1.29, 1.82) is 0 Å². The SMILES string of the molecule is CC(C(=O)O)N(C)S(=O)(=O)N(C)C. The van der Waals surface area contributed by atoms with Gasteiger partial charge in [-0.3, -0.25) is 4.79 Å². The predicted octanol–water partition coefficient (Wildman–Crippen LogP) is -0.802. The van der Waals surface area contributed by atoms with Gasteiger partial charge in [0.25, 0.3) is 10.2 Å². The Morgan fingerprint density at radius 1 is 1.31 bits per heavy atom. The van der Waals surface area contributed by atoms with Crippen LogP contribution < -0.4 is 0 Å². The van der Waals surface area contributed by atoms with Crippen molar-refractivity contribution in [3.8, 4) is 0 Å². The number of carboxylic acid groups (broad SMARTS) is 1. The van der Waals surface area contributed by atoms with E-state index in [1.165, 1.54) is 28.1 Å². The van der Waals surface area contributed by atoms with E-state index in [2.05, 4.69) is 0 Å². The monoisotopic (exact) mass is 210 g/mol. The third-order valence-corrected chi connectivity index (χ3v) is 3.70. The first-order chi connectivity index (χ1) is 5.71. The number of likely N-dealkylation sites (N-methyl/N-ethyl adjacent to an activating group) is 1. The summed E-state index contributed by atoms with van der Waals surface area (Å²) < 4.78 is 24.5. The standard InChI is InChI=1S/C6H14N2O4S/c1-5(6(9)10)8(4)13(11,12)7(2)3/h5H,1-4H3,(H,9,10). The van der Waals surface area contributed by atoms with Gasteiger partial charge in [-0.2, -0.15) is 17.0 Å². The van der Waals surface area contributed by atoms with E-state index in [-0.39, 0.29) is 0 Å². The summed E-state index contributed by atoms with van der Waals surface area (Å²) in [6.07, 6.45) is 0. The molecule has 0 amide bonds. The maximum absolute atomic E-state index is 11.4. The van der Waals surface area contributed by atoms with Crippen molar-refractivity contribution in [2.24, 2.45) is 0 Å². The molecule has 0 aromatic carbocycles. The molecule has 0 aliphatic heterocycles. The van der Waals surface area contributed by atoms with Crippen molar-refractivity contribution in [2.45, 2.75) is 13.0 Å². The lowest BCUT2D eigenvalue weighted by Crippen LogP contribution is -2.45. The van der Waals surface area contributed by atoms with Gasteiger partial charge in [0.05, 0.1) is 0 Å². The molecule has 0 aliphatic rings. The van der Waals surface area contributed by atoms with E-state index in [4.69, 9.17) is 5.11 Å². The molecule has 0 aromatic heterocycles. The van der Waals surface area contributed by atoms with Crippen LogP contribution in [0.5, 0.6) is 0 Å². The van der Waals surface area contributed by atoms with Crippen LogP contribution in [0, 0.1) is 0 Å². The summed E-state index contributed by atoms with van der Waals surface area (Å²) in [7, 11) is 0.290. The Hall–Kier alpha value is -0.660. The first-order valence-electron chi connectivity index (χ1n) is 3.59. The van der Waals surface area contributed by atoms with Crippen molar-refractivity contribution in [1.82, 2.24) is 8.61 Å². The highest BCUT2D eigenvalue weighted by molar-refractivity contribution is 7.86. The number of carbonyl (C=O) groups is 1. The summed E-state index contributed by atoms with van der Waals surface area (Å²) in [6, 6.07) is -1.06. The summed E-state index contributed by atoms with van der Waals surface area (Å²) in [4.78, 5) is 10.5. The van der Waals surface area contributed by atoms with Gasteiger partial charge < -0.3 is 5.11 Å². The Morgan fingerprint density at radius 2 is 1.69 bits per heavy atom. The molecule has 78 valence electrons. The highest BCUT2D eigenvalue weighted by Crippen LogP contribution is 2.06. The number of carboxylic acids is 1. The molecule has 1 unspecified atom stereocenters. The lowest BCUT2D eigenvalue weighted by atomic mass is 10.4. The lowest BCUT2D eigenvalue weighted by molar-refractivity contribution is -0.140. The quantitative estimate of drug-likeness (QED) is 0.658. The second kappa shape index (κ2) is 4.03. The molecule has 0 saturated carbocycles. The third-order valence-electron chi connectivity index (χ3n) is 1.73. The molecule has 0 aromatic rings. The second-order valence-electron chi connectivity index (χ2n) is 2.82. The van der Waals surface area contributed by atoms with Crippen LogP contribution in [0.4, 0.5) is 0 Å². The van der Waals surface area contributed by atoms with Gasteiger partial charge in [-0.25, -0.2) is 0 Å². The minimum absolute atomic E-state index is 0.801. The van der Waals surface area contributed by atoms with E-state index in [1.807, 2.05) is 0 Å². The van der Waals surface area contributed by atoms with Gasteiger partial charge in [0, 0.05) is 21.1 Å². The van der Waals surface area contributed by atoms with E-state index in [0.29, 0.717) is 0 Å².